The molecule has 1 rings (SSSR count). The van der Waals surface area contributed by atoms with Crippen LogP contribution in [0, 0.1) is 5.92 Å². The van der Waals surface area contributed by atoms with Crippen molar-refractivity contribution in [3.8, 4) is 0 Å². The first-order valence-corrected chi connectivity index (χ1v) is 14.5. The molecule has 0 radical (unpaired) electrons. The SMILES string of the molecule is CSCC[C@H](N[Se]C(=O)[C@@H](NC(=O)[C@H](Cc1ccccc1)NC(=O)OC(C)(C)C)C(C)C)C(=O)O. The zero-order chi connectivity index (χ0) is 26.6. The molecule has 0 spiro atoms. The summed E-state index contributed by atoms with van der Waals surface area (Å²) in [5.74, 6) is -1.11. The number of carboxylic acid groups (broad SMARTS) is 1. The van der Waals surface area contributed by atoms with Crippen LogP contribution in [0.15, 0.2) is 30.3 Å². The molecule has 0 saturated carbocycles. The first-order chi connectivity index (χ1) is 16.3. The third kappa shape index (κ3) is 12.5. The molecule has 1 aromatic carbocycles. The van der Waals surface area contributed by atoms with Gasteiger partial charge in [-0.3, -0.25) is 0 Å². The number of amides is 2. The second kappa shape index (κ2) is 15.1. The van der Waals surface area contributed by atoms with E-state index in [1.54, 1.807) is 34.6 Å². The van der Waals surface area contributed by atoms with E-state index in [1.165, 1.54) is 11.8 Å². The Morgan fingerprint density at radius 1 is 1.06 bits per heavy atom. The number of aliphatic carboxylic acids is 1. The number of carbonyl (C=O) groups is 4. The molecule has 0 saturated heterocycles. The van der Waals surface area contributed by atoms with Crippen molar-refractivity contribution in [1.82, 2.24) is 15.0 Å². The van der Waals surface area contributed by atoms with Gasteiger partial charge in [0.25, 0.3) is 0 Å². The van der Waals surface area contributed by atoms with Gasteiger partial charge in [-0.15, -0.1) is 0 Å². The third-order valence-electron chi connectivity index (χ3n) is 4.72. The standard InChI is InChI=1S/C24H37N3O6SSe/c1-15(2)19(22(31)35-27-17(21(29)30)12-13-34-6)26-20(28)18(14-16-10-8-7-9-11-16)25-23(32)33-24(3,4)5/h7-11,15,17-19,27H,12-14H2,1-6H3,(H,25,32)(H,26,28)(H,29,30)/t17-,18-,19-/m0/s1. The van der Waals surface area contributed by atoms with Gasteiger partial charge in [-0.05, 0) is 0 Å². The first kappa shape index (κ1) is 31.0. The monoisotopic (exact) mass is 575 g/mol. The number of carboxylic acids is 1. The summed E-state index contributed by atoms with van der Waals surface area (Å²) in [5, 5.41) is 14.8. The summed E-state index contributed by atoms with van der Waals surface area (Å²) in [6.45, 7) is 8.78. The van der Waals surface area contributed by atoms with Crippen LogP contribution in [0.4, 0.5) is 4.79 Å². The second-order valence-corrected chi connectivity index (χ2v) is 12.1. The van der Waals surface area contributed by atoms with Gasteiger partial charge in [0, 0.05) is 0 Å². The van der Waals surface area contributed by atoms with Crippen LogP contribution >= 0.6 is 11.8 Å². The van der Waals surface area contributed by atoms with Gasteiger partial charge in [-0.1, -0.05) is 0 Å². The molecule has 9 nitrogen and oxygen atoms in total. The fourth-order valence-corrected chi connectivity index (χ4v) is 5.36. The van der Waals surface area contributed by atoms with Crippen LogP contribution in [0.5, 0.6) is 0 Å². The van der Waals surface area contributed by atoms with E-state index in [2.05, 4.69) is 15.0 Å². The molecule has 11 heteroatoms. The zero-order valence-corrected chi connectivity index (χ0v) is 23.7. The van der Waals surface area contributed by atoms with Gasteiger partial charge in [-0.25, -0.2) is 0 Å². The summed E-state index contributed by atoms with van der Waals surface area (Å²) in [7, 11) is 0. The Balaban J connectivity index is 2.95. The van der Waals surface area contributed by atoms with Gasteiger partial charge in [0.05, 0.1) is 0 Å². The van der Waals surface area contributed by atoms with Crippen molar-refractivity contribution in [3.63, 3.8) is 0 Å². The number of nitrogens with one attached hydrogen (secondary N) is 3. The average molecular weight is 575 g/mol. The Bertz CT molecular complexity index is 847. The fraction of sp³-hybridized carbons (Fsp3) is 0.583. The number of carbonyl (C=O) groups excluding carboxylic acids is 3. The van der Waals surface area contributed by atoms with Gasteiger partial charge in [0.1, 0.15) is 0 Å². The quantitative estimate of drug-likeness (QED) is 0.249. The molecule has 0 bridgehead atoms. The molecule has 4 N–H and O–H groups in total. The van der Waals surface area contributed by atoms with Gasteiger partial charge in [-0.2, -0.15) is 0 Å². The van der Waals surface area contributed by atoms with Crippen LogP contribution in [-0.2, 0) is 25.5 Å². The molecule has 1 aromatic rings. The summed E-state index contributed by atoms with van der Waals surface area (Å²) in [6, 6.07) is 6.59. The second-order valence-electron chi connectivity index (χ2n) is 9.33. The summed E-state index contributed by atoms with van der Waals surface area (Å²) < 4.78 is 7.89. The van der Waals surface area contributed by atoms with E-state index in [0.29, 0.717) is 12.2 Å². The van der Waals surface area contributed by atoms with E-state index in [1.807, 2.05) is 36.6 Å². The van der Waals surface area contributed by atoms with Crippen LogP contribution in [-0.4, -0.2) is 78.7 Å². The molecule has 0 aliphatic heterocycles. The molecule has 0 unspecified atom stereocenters. The normalized spacial score (nSPS) is 14.0. The van der Waals surface area contributed by atoms with E-state index in [9.17, 15) is 24.3 Å². The van der Waals surface area contributed by atoms with Crippen LogP contribution in [0.2, 0.25) is 0 Å². The topological polar surface area (TPSA) is 134 Å². The van der Waals surface area contributed by atoms with E-state index in [4.69, 9.17) is 4.74 Å². The Morgan fingerprint density at radius 2 is 1.69 bits per heavy atom. The summed E-state index contributed by atoms with van der Waals surface area (Å²) >= 11 is 0.680. The predicted octanol–water partition coefficient (Wildman–Crippen LogP) is 2.20. The Morgan fingerprint density at radius 3 is 2.20 bits per heavy atom. The minimum absolute atomic E-state index is 0.212. The molecule has 0 aliphatic rings. The Hall–Kier alpha value is -2.07. The number of hydrogen-bond donors (Lipinski definition) is 4. The fourth-order valence-electron chi connectivity index (χ4n) is 2.92. The van der Waals surface area contributed by atoms with Crippen molar-refractivity contribution in [2.75, 3.05) is 12.0 Å². The number of benzene rings is 1. The van der Waals surface area contributed by atoms with E-state index >= 15 is 0 Å². The van der Waals surface area contributed by atoms with Crippen molar-refractivity contribution in [3.05, 3.63) is 35.9 Å². The first-order valence-electron chi connectivity index (χ1n) is 11.4. The predicted molar refractivity (Wildman–Crippen MR) is 138 cm³/mol. The summed E-state index contributed by atoms with van der Waals surface area (Å²) in [6.07, 6.45) is 1.76. The summed E-state index contributed by atoms with van der Waals surface area (Å²) in [5.41, 5.74) is 0.0968. The average Bonchev–Trinajstić information content (AvgIpc) is 2.75. The van der Waals surface area contributed by atoms with Gasteiger partial charge in [0.2, 0.25) is 0 Å². The van der Waals surface area contributed by atoms with Gasteiger partial charge >= 0.3 is 219 Å². The number of rotatable bonds is 14. The van der Waals surface area contributed by atoms with E-state index in [-0.39, 0.29) is 17.0 Å². The Kier molecular flexibility index (Phi) is 13.4. The van der Waals surface area contributed by atoms with Crippen LogP contribution in [0.3, 0.4) is 0 Å². The van der Waals surface area contributed by atoms with Crippen molar-refractivity contribution in [2.45, 2.75) is 71.2 Å². The zero-order valence-electron chi connectivity index (χ0n) is 21.1. The van der Waals surface area contributed by atoms with Gasteiger partial charge < -0.3 is 0 Å². The number of ether oxygens (including phenoxy) is 1. The number of hydrogen-bond acceptors (Lipinski definition) is 7. The van der Waals surface area contributed by atoms with Crippen LogP contribution < -0.4 is 15.0 Å². The number of alkyl carbamates (subject to hydrolysis) is 1. The molecular formula is C24H37N3O6SSe. The van der Waals surface area contributed by atoms with E-state index in [0.717, 1.165) is 5.56 Å². The molecule has 0 heterocycles. The van der Waals surface area contributed by atoms with Crippen molar-refractivity contribution >= 4 is 49.6 Å². The van der Waals surface area contributed by atoms with Crippen LogP contribution in [0.1, 0.15) is 46.6 Å². The third-order valence-corrected chi connectivity index (χ3v) is 7.16. The van der Waals surface area contributed by atoms with Crippen molar-refractivity contribution < 1.29 is 29.0 Å². The Labute approximate surface area is 218 Å². The molecule has 0 aromatic heterocycles. The molecule has 0 aliphatic carbocycles. The molecule has 35 heavy (non-hydrogen) atoms. The van der Waals surface area contributed by atoms with Gasteiger partial charge in [0.15, 0.2) is 0 Å². The number of thioether (sulfide) groups is 1. The van der Waals surface area contributed by atoms with Crippen molar-refractivity contribution in [1.29, 1.82) is 0 Å². The maximum atomic E-state index is 13.2. The minimum atomic E-state index is -1.01. The van der Waals surface area contributed by atoms with E-state index < -0.39 is 56.9 Å². The molecular weight excluding hydrogens is 537 g/mol. The molecule has 2 amide bonds. The molecule has 196 valence electrons. The summed E-state index contributed by atoms with van der Waals surface area (Å²) in [4.78, 5) is 50.0. The van der Waals surface area contributed by atoms with Crippen LogP contribution in [0.25, 0.3) is 0 Å². The maximum absolute atomic E-state index is 13.2. The molecule has 0 fully saturated rings. The van der Waals surface area contributed by atoms with Crippen molar-refractivity contribution in [2.24, 2.45) is 5.92 Å². The molecule has 3 atom stereocenters.